The molecule has 4 aliphatic rings. The number of imidazole rings is 1. The van der Waals surface area contributed by atoms with Crippen LogP contribution in [0.5, 0.6) is 0 Å². The van der Waals surface area contributed by atoms with Crippen molar-refractivity contribution < 1.29 is 13.2 Å². The first-order valence-electron chi connectivity index (χ1n) is 9.14. The highest BCUT2D eigenvalue weighted by Gasteiger charge is 2.53. The van der Waals surface area contributed by atoms with Gasteiger partial charge in [-0.05, 0) is 68.4 Å². The lowest BCUT2D eigenvalue weighted by atomic mass is 9.49. The van der Waals surface area contributed by atoms with Crippen LogP contribution in [0.1, 0.15) is 49.9 Å². The van der Waals surface area contributed by atoms with Gasteiger partial charge in [-0.2, -0.15) is 13.2 Å². The van der Waals surface area contributed by atoms with Gasteiger partial charge in [-0.15, -0.1) is 0 Å². The third-order valence-corrected chi connectivity index (χ3v) is 6.62. The van der Waals surface area contributed by atoms with Gasteiger partial charge >= 0.3 is 6.18 Å². The topological polar surface area (TPSA) is 28.7 Å². The van der Waals surface area contributed by atoms with Crippen molar-refractivity contribution >= 4 is 0 Å². The van der Waals surface area contributed by atoms with E-state index >= 15 is 0 Å². The normalized spacial score (nSPS) is 33.8. The van der Waals surface area contributed by atoms with Gasteiger partial charge in [0.2, 0.25) is 0 Å². The second-order valence-corrected chi connectivity index (χ2v) is 8.42. The summed E-state index contributed by atoms with van der Waals surface area (Å²) < 4.78 is 38.9. The van der Waals surface area contributed by atoms with E-state index in [0.29, 0.717) is 11.3 Å². The molecule has 1 heterocycles. The Hall–Kier alpha value is -1.78. The standard InChI is InChI=1S/C20H21F3N2/c21-20(22,23)16-3-1-2-15(7-16)17-11-24-18(25-17)19-8-12-4-13(9-19)6-14(5-12)10-19/h1-3,7,11-14H,4-6,8-10H2,(H,24,25). The summed E-state index contributed by atoms with van der Waals surface area (Å²) in [4.78, 5) is 8.02. The van der Waals surface area contributed by atoms with Crippen LogP contribution in [0.2, 0.25) is 0 Å². The summed E-state index contributed by atoms with van der Waals surface area (Å²) in [7, 11) is 0. The number of benzene rings is 1. The molecule has 0 amide bonds. The van der Waals surface area contributed by atoms with E-state index in [1.165, 1.54) is 50.7 Å². The fourth-order valence-electron chi connectivity index (χ4n) is 6.00. The average molecular weight is 346 g/mol. The van der Waals surface area contributed by atoms with Crippen LogP contribution in [0.4, 0.5) is 13.2 Å². The Labute approximate surface area is 144 Å². The molecule has 25 heavy (non-hydrogen) atoms. The maximum Gasteiger partial charge on any atom is 0.416 e. The predicted octanol–water partition coefficient (Wildman–Crippen LogP) is 5.56. The molecule has 1 aromatic heterocycles. The summed E-state index contributed by atoms with van der Waals surface area (Å²) in [6, 6.07) is 5.49. The molecule has 4 aliphatic carbocycles. The molecule has 4 bridgehead atoms. The molecule has 0 aliphatic heterocycles. The second-order valence-electron chi connectivity index (χ2n) is 8.42. The quantitative estimate of drug-likeness (QED) is 0.757. The van der Waals surface area contributed by atoms with Gasteiger partial charge < -0.3 is 4.98 Å². The number of nitrogens with zero attached hydrogens (tertiary/aromatic N) is 1. The molecular formula is C20H21F3N2. The first-order valence-corrected chi connectivity index (χ1v) is 9.14. The number of aromatic nitrogens is 2. The Morgan fingerprint density at radius 3 is 2.24 bits per heavy atom. The average Bonchev–Trinajstić information content (AvgIpc) is 3.04. The van der Waals surface area contributed by atoms with Gasteiger partial charge in [-0.1, -0.05) is 12.1 Å². The molecular weight excluding hydrogens is 325 g/mol. The summed E-state index contributed by atoms with van der Waals surface area (Å²) in [6.45, 7) is 0. The van der Waals surface area contributed by atoms with Crippen molar-refractivity contribution in [3.05, 3.63) is 41.9 Å². The highest BCUT2D eigenvalue weighted by Crippen LogP contribution is 2.60. The Balaban J connectivity index is 1.49. The van der Waals surface area contributed by atoms with Crippen LogP contribution >= 0.6 is 0 Å². The van der Waals surface area contributed by atoms with Crippen LogP contribution in [0, 0.1) is 17.8 Å². The maximum absolute atomic E-state index is 13.0. The minimum atomic E-state index is -4.32. The van der Waals surface area contributed by atoms with Crippen molar-refractivity contribution in [2.24, 2.45) is 17.8 Å². The van der Waals surface area contributed by atoms with E-state index in [-0.39, 0.29) is 5.41 Å². The SMILES string of the molecule is FC(F)(F)c1cccc(-c2cnc(C34CC5CC(CC(C5)C3)C4)[nH]2)c1. The molecule has 2 aromatic rings. The number of hydrogen-bond acceptors (Lipinski definition) is 1. The van der Waals surface area contributed by atoms with Gasteiger partial charge in [0.25, 0.3) is 0 Å². The maximum atomic E-state index is 13.0. The first kappa shape index (κ1) is 15.5. The third-order valence-electron chi connectivity index (χ3n) is 6.62. The summed E-state index contributed by atoms with van der Waals surface area (Å²) in [6.07, 6.45) is 5.04. The van der Waals surface area contributed by atoms with Gasteiger partial charge in [0, 0.05) is 11.0 Å². The van der Waals surface area contributed by atoms with Crippen LogP contribution in [-0.4, -0.2) is 9.97 Å². The van der Waals surface area contributed by atoms with Crippen LogP contribution in [0.3, 0.4) is 0 Å². The van der Waals surface area contributed by atoms with Crippen molar-refractivity contribution in [2.45, 2.75) is 50.1 Å². The molecule has 0 atom stereocenters. The number of rotatable bonds is 2. The molecule has 6 rings (SSSR count). The number of hydrogen-bond donors (Lipinski definition) is 1. The van der Waals surface area contributed by atoms with Gasteiger partial charge in [-0.25, -0.2) is 4.98 Å². The summed E-state index contributed by atoms with van der Waals surface area (Å²) >= 11 is 0. The lowest BCUT2D eigenvalue weighted by Gasteiger charge is -2.56. The molecule has 0 unspecified atom stereocenters. The van der Waals surface area contributed by atoms with Crippen molar-refractivity contribution in [3.63, 3.8) is 0 Å². The van der Waals surface area contributed by atoms with E-state index in [0.717, 1.165) is 29.6 Å². The van der Waals surface area contributed by atoms with Crippen molar-refractivity contribution in [3.8, 4) is 11.3 Å². The Morgan fingerprint density at radius 2 is 1.64 bits per heavy atom. The van der Waals surface area contributed by atoms with E-state index in [9.17, 15) is 13.2 Å². The molecule has 132 valence electrons. The summed E-state index contributed by atoms with van der Waals surface area (Å²) in [5.74, 6) is 3.44. The number of aromatic amines is 1. The van der Waals surface area contributed by atoms with E-state index < -0.39 is 11.7 Å². The van der Waals surface area contributed by atoms with Crippen LogP contribution in [-0.2, 0) is 11.6 Å². The number of alkyl halides is 3. The highest BCUT2D eigenvalue weighted by atomic mass is 19.4. The van der Waals surface area contributed by atoms with Crippen molar-refractivity contribution in [1.29, 1.82) is 0 Å². The molecule has 0 spiro atoms. The van der Waals surface area contributed by atoms with Gasteiger partial charge in [0.15, 0.2) is 0 Å². The van der Waals surface area contributed by atoms with Crippen molar-refractivity contribution in [1.82, 2.24) is 9.97 Å². The third kappa shape index (κ3) is 2.51. The summed E-state index contributed by atoms with van der Waals surface area (Å²) in [5, 5.41) is 0. The van der Waals surface area contributed by atoms with Crippen molar-refractivity contribution in [2.75, 3.05) is 0 Å². The predicted molar refractivity (Wildman–Crippen MR) is 88.9 cm³/mol. The molecule has 4 fully saturated rings. The first-order chi connectivity index (χ1) is 11.9. The smallest absolute Gasteiger partial charge is 0.342 e. The molecule has 0 radical (unpaired) electrons. The van der Waals surface area contributed by atoms with Gasteiger partial charge in [0.05, 0.1) is 17.5 Å². The Morgan fingerprint density at radius 1 is 1.00 bits per heavy atom. The molecule has 0 saturated heterocycles. The second kappa shape index (κ2) is 5.12. The van der Waals surface area contributed by atoms with E-state index in [1.54, 1.807) is 12.3 Å². The molecule has 1 N–H and O–H groups in total. The largest absolute Gasteiger partial charge is 0.416 e. The zero-order chi connectivity index (χ0) is 17.2. The van der Waals surface area contributed by atoms with Crippen LogP contribution in [0.15, 0.2) is 30.5 Å². The van der Waals surface area contributed by atoms with E-state index in [4.69, 9.17) is 0 Å². The van der Waals surface area contributed by atoms with Crippen LogP contribution < -0.4 is 0 Å². The fourth-order valence-corrected chi connectivity index (χ4v) is 6.00. The molecule has 5 heteroatoms. The molecule has 1 aromatic carbocycles. The Bertz CT molecular complexity index is 770. The number of halogens is 3. The monoisotopic (exact) mass is 346 g/mol. The highest BCUT2D eigenvalue weighted by molar-refractivity contribution is 5.60. The summed E-state index contributed by atoms with van der Waals surface area (Å²) in [5.41, 5.74) is 0.764. The van der Waals surface area contributed by atoms with Crippen LogP contribution in [0.25, 0.3) is 11.3 Å². The zero-order valence-corrected chi connectivity index (χ0v) is 13.9. The fraction of sp³-hybridized carbons (Fsp3) is 0.550. The minimum Gasteiger partial charge on any atom is -0.342 e. The molecule has 2 nitrogen and oxygen atoms in total. The Kier molecular flexibility index (Phi) is 3.17. The molecule has 4 saturated carbocycles. The lowest BCUT2D eigenvalue weighted by Crippen LogP contribution is -2.49. The lowest BCUT2D eigenvalue weighted by molar-refractivity contribution is -0.137. The van der Waals surface area contributed by atoms with E-state index in [1.807, 2.05) is 0 Å². The zero-order valence-electron chi connectivity index (χ0n) is 13.9. The van der Waals surface area contributed by atoms with Gasteiger partial charge in [-0.3, -0.25) is 0 Å². The van der Waals surface area contributed by atoms with E-state index in [2.05, 4.69) is 9.97 Å². The number of H-pyrrole nitrogens is 1. The number of nitrogens with one attached hydrogen (secondary N) is 1. The van der Waals surface area contributed by atoms with Gasteiger partial charge in [0.1, 0.15) is 5.82 Å². The minimum absolute atomic E-state index is 0.134.